The fourth-order valence-corrected chi connectivity index (χ4v) is 4.55. The van der Waals surface area contributed by atoms with E-state index >= 15 is 0 Å². The van der Waals surface area contributed by atoms with Crippen molar-refractivity contribution in [2.75, 3.05) is 26.0 Å². The molecular weight excluding hydrogens is 352 g/mol. The van der Waals surface area contributed by atoms with Gasteiger partial charge in [0, 0.05) is 28.9 Å². The van der Waals surface area contributed by atoms with E-state index in [4.69, 9.17) is 4.74 Å². The smallest absolute Gasteiger partial charge is 0.230 e. The maximum absolute atomic E-state index is 12.3. The van der Waals surface area contributed by atoms with E-state index in [1.807, 2.05) is 24.3 Å². The fourth-order valence-electron chi connectivity index (χ4n) is 3.05. The number of hydrogen-bond donors (Lipinski definition) is 1. The second-order valence-electron chi connectivity index (χ2n) is 6.19. The monoisotopic (exact) mass is 376 g/mol. The van der Waals surface area contributed by atoms with Crippen LogP contribution in [0.1, 0.15) is 17.7 Å². The number of thioether (sulfide) groups is 1. The summed E-state index contributed by atoms with van der Waals surface area (Å²) in [6.07, 6.45) is 2.20. The Morgan fingerprint density at radius 3 is 3.12 bits per heavy atom. The Morgan fingerprint density at radius 2 is 2.32 bits per heavy atom. The van der Waals surface area contributed by atoms with Crippen LogP contribution in [0.4, 0.5) is 0 Å². The highest BCUT2D eigenvalue weighted by Gasteiger charge is 2.21. The van der Waals surface area contributed by atoms with E-state index in [0.29, 0.717) is 5.75 Å². The van der Waals surface area contributed by atoms with Crippen molar-refractivity contribution in [3.8, 4) is 5.75 Å². The molecule has 0 bridgehead atoms. The van der Waals surface area contributed by atoms with Crippen LogP contribution >= 0.6 is 23.1 Å². The third-order valence-electron chi connectivity index (χ3n) is 4.24. The molecule has 1 aromatic carbocycles. The van der Waals surface area contributed by atoms with Crippen molar-refractivity contribution in [1.82, 2.24) is 10.2 Å². The van der Waals surface area contributed by atoms with Crippen molar-refractivity contribution in [1.29, 1.82) is 0 Å². The lowest BCUT2D eigenvalue weighted by Gasteiger charge is -2.32. The number of amides is 1. The van der Waals surface area contributed by atoms with Gasteiger partial charge in [-0.15, -0.1) is 23.1 Å². The number of nitrogens with one attached hydrogen (secondary N) is 1. The van der Waals surface area contributed by atoms with Gasteiger partial charge >= 0.3 is 0 Å². The third kappa shape index (κ3) is 5.76. The van der Waals surface area contributed by atoms with Crippen molar-refractivity contribution in [2.45, 2.75) is 30.3 Å². The van der Waals surface area contributed by atoms with Gasteiger partial charge in [0.25, 0.3) is 0 Å². The lowest BCUT2D eigenvalue weighted by Crippen LogP contribution is -2.47. The van der Waals surface area contributed by atoms with Gasteiger partial charge in [-0.1, -0.05) is 12.1 Å². The predicted octanol–water partition coefficient (Wildman–Crippen LogP) is 3.63. The molecular formula is C19H24N2O2S2. The number of ether oxygens (including phenoxy) is 1. The number of thiophene rings is 1. The summed E-state index contributed by atoms with van der Waals surface area (Å²) in [4.78, 5) is 17.2. The Balaban J connectivity index is 1.43. The van der Waals surface area contributed by atoms with Crippen molar-refractivity contribution in [3.05, 3.63) is 46.7 Å². The average molecular weight is 377 g/mol. The lowest BCUT2D eigenvalue weighted by molar-refractivity contribution is -0.119. The summed E-state index contributed by atoms with van der Waals surface area (Å²) in [7, 11) is 1.65. The fraction of sp³-hybridized carbons (Fsp3) is 0.421. The summed E-state index contributed by atoms with van der Waals surface area (Å²) in [5, 5.41) is 5.32. The normalized spacial score (nSPS) is 18.0. The number of methoxy groups -OCH3 is 1. The number of piperidine rings is 1. The number of carbonyl (C=O) groups is 1. The second kappa shape index (κ2) is 9.27. The molecule has 6 heteroatoms. The molecule has 0 spiro atoms. The van der Waals surface area contributed by atoms with E-state index in [2.05, 4.69) is 27.7 Å². The Bertz CT molecular complexity index is 676. The van der Waals surface area contributed by atoms with Gasteiger partial charge in [-0.05, 0) is 49.0 Å². The molecule has 2 heterocycles. The minimum absolute atomic E-state index is 0.107. The van der Waals surface area contributed by atoms with E-state index in [1.165, 1.54) is 4.88 Å². The van der Waals surface area contributed by atoms with Gasteiger partial charge in [0.1, 0.15) is 5.75 Å². The standard InChI is InChI=1S/C19H24N2O2S2/c1-23-16-6-2-7-17(11-16)25-14-19(22)20-15-5-3-9-21(12-15)13-18-8-4-10-24-18/h2,4,6-8,10-11,15H,3,5,9,12-14H2,1H3,(H,20,22). The zero-order valence-corrected chi connectivity index (χ0v) is 16.1. The largest absolute Gasteiger partial charge is 0.497 e. The van der Waals surface area contributed by atoms with Gasteiger partial charge in [0.15, 0.2) is 0 Å². The topological polar surface area (TPSA) is 41.6 Å². The molecule has 2 aromatic rings. The summed E-state index contributed by atoms with van der Waals surface area (Å²) >= 11 is 3.35. The molecule has 4 nitrogen and oxygen atoms in total. The molecule has 0 radical (unpaired) electrons. The maximum Gasteiger partial charge on any atom is 0.230 e. The van der Waals surface area contributed by atoms with Crippen LogP contribution in [-0.2, 0) is 11.3 Å². The van der Waals surface area contributed by atoms with E-state index in [-0.39, 0.29) is 11.9 Å². The van der Waals surface area contributed by atoms with Crippen molar-refractivity contribution in [2.24, 2.45) is 0 Å². The van der Waals surface area contributed by atoms with Gasteiger partial charge in [-0.25, -0.2) is 0 Å². The first-order valence-corrected chi connectivity index (χ1v) is 10.4. The molecule has 1 aromatic heterocycles. The van der Waals surface area contributed by atoms with Crippen molar-refractivity contribution in [3.63, 3.8) is 0 Å². The number of rotatable bonds is 7. The summed E-state index contributed by atoms with van der Waals surface area (Å²) in [6.45, 7) is 3.04. The maximum atomic E-state index is 12.3. The summed E-state index contributed by atoms with van der Waals surface area (Å²) in [6, 6.07) is 12.4. The minimum Gasteiger partial charge on any atom is -0.497 e. The predicted molar refractivity (Wildman–Crippen MR) is 104 cm³/mol. The molecule has 0 aliphatic carbocycles. The van der Waals surface area contributed by atoms with Crippen molar-refractivity contribution < 1.29 is 9.53 Å². The van der Waals surface area contributed by atoms with E-state index in [1.54, 1.807) is 30.2 Å². The van der Waals surface area contributed by atoms with Crippen LogP contribution in [-0.4, -0.2) is 42.8 Å². The molecule has 1 saturated heterocycles. The SMILES string of the molecule is COc1cccc(SCC(=O)NC2CCCN(Cc3cccs3)C2)c1. The van der Waals surface area contributed by atoms with Gasteiger partial charge < -0.3 is 10.1 Å². The zero-order valence-electron chi connectivity index (χ0n) is 14.4. The van der Waals surface area contributed by atoms with Gasteiger partial charge in [-0.2, -0.15) is 0 Å². The average Bonchev–Trinajstić information content (AvgIpc) is 3.13. The highest BCUT2D eigenvalue weighted by atomic mass is 32.2. The summed E-state index contributed by atoms with van der Waals surface area (Å²) in [5.74, 6) is 1.37. The lowest BCUT2D eigenvalue weighted by atomic mass is 10.1. The first-order valence-electron chi connectivity index (χ1n) is 8.54. The Hall–Kier alpha value is -1.50. The van der Waals surface area contributed by atoms with Crippen LogP contribution in [0.3, 0.4) is 0 Å². The highest BCUT2D eigenvalue weighted by Crippen LogP contribution is 2.23. The van der Waals surface area contributed by atoms with E-state index in [9.17, 15) is 4.79 Å². The van der Waals surface area contributed by atoms with Crippen LogP contribution in [0, 0.1) is 0 Å². The third-order valence-corrected chi connectivity index (χ3v) is 6.10. The zero-order chi connectivity index (χ0) is 17.5. The molecule has 1 N–H and O–H groups in total. The molecule has 0 saturated carbocycles. The molecule has 1 aliphatic rings. The summed E-state index contributed by atoms with van der Waals surface area (Å²) in [5.41, 5.74) is 0. The van der Waals surface area contributed by atoms with Gasteiger partial charge in [0.2, 0.25) is 5.91 Å². The van der Waals surface area contributed by atoms with Crippen LogP contribution in [0.15, 0.2) is 46.7 Å². The Labute approximate surface area is 157 Å². The highest BCUT2D eigenvalue weighted by molar-refractivity contribution is 8.00. The molecule has 1 atom stereocenters. The molecule has 134 valence electrons. The number of nitrogens with zero attached hydrogens (tertiary/aromatic N) is 1. The molecule has 1 fully saturated rings. The number of benzene rings is 1. The molecule has 25 heavy (non-hydrogen) atoms. The molecule has 1 amide bonds. The number of carbonyl (C=O) groups excluding carboxylic acids is 1. The Morgan fingerprint density at radius 1 is 1.40 bits per heavy atom. The Kier molecular flexibility index (Phi) is 6.78. The van der Waals surface area contributed by atoms with E-state index in [0.717, 1.165) is 43.1 Å². The molecule has 1 unspecified atom stereocenters. The number of likely N-dealkylation sites (tertiary alicyclic amines) is 1. The minimum atomic E-state index is 0.107. The first kappa shape index (κ1) is 18.3. The number of hydrogen-bond acceptors (Lipinski definition) is 5. The molecule has 1 aliphatic heterocycles. The van der Waals surface area contributed by atoms with Gasteiger partial charge in [-0.3, -0.25) is 9.69 Å². The second-order valence-corrected chi connectivity index (χ2v) is 8.27. The van der Waals surface area contributed by atoms with Crippen LogP contribution in [0.5, 0.6) is 5.75 Å². The van der Waals surface area contributed by atoms with Gasteiger partial charge in [0.05, 0.1) is 12.9 Å². The first-order chi connectivity index (χ1) is 12.2. The van der Waals surface area contributed by atoms with Crippen LogP contribution in [0.25, 0.3) is 0 Å². The van der Waals surface area contributed by atoms with E-state index < -0.39 is 0 Å². The van der Waals surface area contributed by atoms with Crippen LogP contribution < -0.4 is 10.1 Å². The quantitative estimate of drug-likeness (QED) is 0.749. The summed E-state index contributed by atoms with van der Waals surface area (Å²) < 4.78 is 5.22. The van der Waals surface area contributed by atoms with Crippen LogP contribution in [0.2, 0.25) is 0 Å². The van der Waals surface area contributed by atoms with Crippen molar-refractivity contribution >= 4 is 29.0 Å². The molecule has 3 rings (SSSR count).